The Morgan fingerprint density at radius 1 is 0.815 bits per heavy atom. The number of methoxy groups -OCH3 is 4. The monoisotopic (exact) mass is 369 g/mol. The van der Waals surface area contributed by atoms with Crippen molar-refractivity contribution in [3.05, 3.63) is 53.2 Å². The van der Waals surface area contributed by atoms with Gasteiger partial charge in [0.15, 0.2) is 28.7 Å². The molecule has 0 spiro atoms. The van der Waals surface area contributed by atoms with E-state index in [2.05, 4.69) is 4.99 Å². The topological polar surface area (TPSA) is 75.6 Å². The van der Waals surface area contributed by atoms with Crippen LogP contribution < -0.4 is 18.9 Å². The van der Waals surface area contributed by atoms with Crippen LogP contribution in [0, 0.1) is 0 Å². The lowest BCUT2D eigenvalue weighted by atomic mass is 10.1. The minimum absolute atomic E-state index is 0.187. The molecule has 0 atom stereocenters. The van der Waals surface area contributed by atoms with E-state index in [0.717, 1.165) is 5.56 Å². The molecule has 0 N–H and O–H groups in total. The maximum atomic E-state index is 12.2. The number of benzene rings is 2. The third-order valence-corrected chi connectivity index (χ3v) is 3.96. The zero-order valence-corrected chi connectivity index (χ0v) is 15.4. The number of carbonyl (C=O) groups is 1. The van der Waals surface area contributed by atoms with Crippen LogP contribution in [-0.4, -0.2) is 40.3 Å². The van der Waals surface area contributed by atoms with Gasteiger partial charge in [0.1, 0.15) is 0 Å². The summed E-state index contributed by atoms with van der Waals surface area (Å²) in [5.41, 5.74) is 1.53. The first-order valence-corrected chi connectivity index (χ1v) is 8.06. The van der Waals surface area contributed by atoms with Crippen LogP contribution in [0.4, 0.5) is 0 Å². The molecule has 0 radical (unpaired) electrons. The SMILES string of the molecule is COc1ccc(/C=C2/N=C(c3ccc(OC)c(OC)c3)OC2=O)cc1OC. The maximum Gasteiger partial charge on any atom is 0.363 e. The average molecular weight is 369 g/mol. The van der Waals surface area contributed by atoms with Gasteiger partial charge in [0, 0.05) is 5.56 Å². The Bertz CT molecular complexity index is 932. The van der Waals surface area contributed by atoms with Crippen LogP contribution in [0.1, 0.15) is 11.1 Å². The summed E-state index contributed by atoms with van der Waals surface area (Å²) in [6, 6.07) is 10.5. The molecule has 1 aliphatic rings. The largest absolute Gasteiger partial charge is 0.493 e. The van der Waals surface area contributed by atoms with Crippen molar-refractivity contribution in [3.63, 3.8) is 0 Å². The molecule has 2 aromatic rings. The maximum absolute atomic E-state index is 12.2. The second-order valence-corrected chi connectivity index (χ2v) is 5.52. The minimum Gasteiger partial charge on any atom is -0.493 e. The molecule has 7 nitrogen and oxygen atoms in total. The fourth-order valence-electron chi connectivity index (χ4n) is 2.60. The molecule has 0 saturated carbocycles. The Morgan fingerprint density at radius 3 is 2.04 bits per heavy atom. The van der Waals surface area contributed by atoms with Crippen molar-refractivity contribution in [2.24, 2.45) is 4.99 Å². The summed E-state index contributed by atoms with van der Waals surface area (Å²) >= 11 is 0. The van der Waals surface area contributed by atoms with Crippen molar-refractivity contribution in [2.75, 3.05) is 28.4 Å². The van der Waals surface area contributed by atoms with Crippen LogP contribution in [0.3, 0.4) is 0 Å². The van der Waals surface area contributed by atoms with Crippen LogP contribution in [0.5, 0.6) is 23.0 Å². The molecule has 0 saturated heterocycles. The van der Waals surface area contributed by atoms with Crippen molar-refractivity contribution in [2.45, 2.75) is 0 Å². The van der Waals surface area contributed by atoms with Crippen LogP contribution in [-0.2, 0) is 9.53 Å². The van der Waals surface area contributed by atoms with E-state index in [1.165, 1.54) is 7.11 Å². The molecule has 2 aromatic carbocycles. The number of aliphatic imine (C=N–C) groups is 1. The van der Waals surface area contributed by atoms with Crippen LogP contribution in [0.15, 0.2) is 47.1 Å². The first-order chi connectivity index (χ1) is 13.1. The van der Waals surface area contributed by atoms with Crippen LogP contribution in [0.25, 0.3) is 6.08 Å². The third-order valence-electron chi connectivity index (χ3n) is 3.96. The summed E-state index contributed by atoms with van der Waals surface area (Å²) in [5, 5.41) is 0. The van der Waals surface area contributed by atoms with Gasteiger partial charge in [-0.25, -0.2) is 9.79 Å². The van der Waals surface area contributed by atoms with E-state index in [1.54, 1.807) is 63.8 Å². The van der Waals surface area contributed by atoms with Gasteiger partial charge in [0.05, 0.1) is 28.4 Å². The van der Waals surface area contributed by atoms with E-state index in [1.807, 2.05) is 0 Å². The highest BCUT2D eigenvalue weighted by Gasteiger charge is 2.25. The van der Waals surface area contributed by atoms with Crippen molar-refractivity contribution in [3.8, 4) is 23.0 Å². The first-order valence-electron chi connectivity index (χ1n) is 8.06. The van der Waals surface area contributed by atoms with Gasteiger partial charge in [0.25, 0.3) is 0 Å². The van der Waals surface area contributed by atoms with Crippen molar-refractivity contribution in [1.29, 1.82) is 0 Å². The van der Waals surface area contributed by atoms with Crippen molar-refractivity contribution in [1.82, 2.24) is 0 Å². The molecular weight excluding hydrogens is 350 g/mol. The number of carbonyl (C=O) groups excluding carboxylic acids is 1. The lowest BCUT2D eigenvalue weighted by molar-refractivity contribution is -0.129. The predicted octanol–water partition coefficient (Wildman–Crippen LogP) is 3.07. The van der Waals surface area contributed by atoms with E-state index in [9.17, 15) is 4.79 Å². The molecule has 7 heteroatoms. The Morgan fingerprint density at radius 2 is 1.41 bits per heavy atom. The highest BCUT2D eigenvalue weighted by molar-refractivity contribution is 6.13. The predicted molar refractivity (Wildman–Crippen MR) is 99.7 cm³/mol. The van der Waals surface area contributed by atoms with E-state index in [-0.39, 0.29) is 11.6 Å². The number of rotatable bonds is 6. The molecule has 0 fully saturated rings. The van der Waals surface area contributed by atoms with E-state index < -0.39 is 5.97 Å². The first kappa shape index (κ1) is 18.3. The average Bonchev–Trinajstić information content (AvgIpc) is 3.07. The molecule has 1 aliphatic heterocycles. The Hall–Kier alpha value is -3.48. The Balaban J connectivity index is 1.93. The smallest absolute Gasteiger partial charge is 0.363 e. The van der Waals surface area contributed by atoms with Crippen LogP contribution in [0.2, 0.25) is 0 Å². The summed E-state index contributed by atoms with van der Waals surface area (Å²) in [6.07, 6.45) is 1.62. The number of hydrogen-bond acceptors (Lipinski definition) is 7. The van der Waals surface area contributed by atoms with Crippen LogP contribution >= 0.6 is 0 Å². The fraction of sp³-hybridized carbons (Fsp3) is 0.200. The molecule has 0 unspecified atom stereocenters. The van der Waals surface area contributed by atoms with E-state index in [0.29, 0.717) is 28.6 Å². The van der Waals surface area contributed by atoms with Gasteiger partial charge >= 0.3 is 5.97 Å². The highest BCUT2D eigenvalue weighted by atomic mass is 16.6. The van der Waals surface area contributed by atoms with Crippen molar-refractivity contribution >= 4 is 17.9 Å². The zero-order valence-electron chi connectivity index (χ0n) is 15.4. The van der Waals surface area contributed by atoms with Gasteiger partial charge in [-0.2, -0.15) is 0 Å². The van der Waals surface area contributed by atoms with Crippen molar-refractivity contribution < 1.29 is 28.5 Å². The normalized spacial score (nSPS) is 14.6. The summed E-state index contributed by atoms with van der Waals surface area (Å²) in [7, 11) is 6.19. The lowest BCUT2D eigenvalue weighted by Crippen LogP contribution is -2.06. The van der Waals surface area contributed by atoms with E-state index in [4.69, 9.17) is 23.7 Å². The highest BCUT2D eigenvalue weighted by Crippen LogP contribution is 2.31. The zero-order chi connectivity index (χ0) is 19.4. The number of ether oxygens (including phenoxy) is 5. The molecular formula is C20H19NO6. The summed E-state index contributed by atoms with van der Waals surface area (Å²) in [6.45, 7) is 0. The fourth-order valence-corrected chi connectivity index (χ4v) is 2.60. The summed E-state index contributed by atoms with van der Waals surface area (Å²) in [5.74, 6) is 1.92. The van der Waals surface area contributed by atoms with Gasteiger partial charge in [0.2, 0.25) is 5.90 Å². The summed E-state index contributed by atoms with van der Waals surface area (Å²) < 4.78 is 26.3. The molecule has 0 aromatic heterocycles. The van der Waals surface area contributed by atoms with Gasteiger partial charge in [-0.3, -0.25) is 0 Å². The Kier molecular flexibility index (Phi) is 5.30. The number of esters is 1. The molecule has 140 valence electrons. The van der Waals surface area contributed by atoms with Gasteiger partial charge < -0.3 is 23.7 Å². The molecule has 27 heavy (non-hydrogen) atoms. The molecule has 1 heterocycles. The quantitative estimate of drug-likeness (QED) is 0.575. The second-order valence-electron chi connectivity index (χ2n) is 5.52. The lowest BCUT2D eigenvalue weighted by Gasteiger charge is -2.08. The molecule has 0 aliphatic carbocycles. The molecule has 3 rings (SSSR count). The van der Waals surface area contributed by atoms with Gasteiger partial charge in [-0.1, -0.05) is 6.07 Å². The summed E-state index contributed by atoms with van der Waals surface area (Å²) in [4.78, 5) is 16.5. The number of nitrogens with zero attached hydrogens (tertiary/aromatic N) is 1. The second kappa shape index (κ2) is 7.82. The molecule has 0 bridgehead atoms. The van der Waals surface area contributed by atoms with Gasteiger partial charge in [-0.05, 0) is 42.0 Å². The Labute approximate surface area is 156 Å². The van der Waals surface area contributed by atoms with E-state index >= 15 is 0 Å². The minimum atomic E-state index is -0.533. The number of cyclic esters (lactones) is 1. The molecule has 0 amide bonds. The van der Waals surface area contributed by atoms with Gasteiger partial charge in [-0.15, -0.1) is 0 Å². The standard InChI is InChI=1S/C20H19NO6/c1-23-15-7-5-12(10-17(15)25-3)9-14-20(22)27-19(21-14)13-6-8-16(24-2)18(11-13)26-4/h5-11H,1-4H3/b14-9+. The third kappa shape index (κ3) is 3.72. The number of hydrogen-bond donors (Lipinski definition) is 0.